The molecular weight excluding hydrogens is 252 g/mol. The van der Waals surface area contributed by atoms with Crippen molar-refractivity contribution >= 4 is 12.4 Å². The van der Waals surface area contributed by atoms with Gasteiger partial charge in [-0.05, 0) is 44.2 Å². The first kappa shape index (κ1) is 14.3. The largest absolute Gasteiger partial charge is 0.509 e. The van der Waals surface area contributed by atoms with Crippen LogP contribution in [0.2, 0.25) is 0 Å². The van der Waals surface area contributed by atoms with Crippen molar-refractivity contribution < 1.29 is 17.7 Å². The van der Waals surface area contributed by atoms with E-state index in [9.17, 15) is 12.9 Å². The monoisotopic (exact) mass is 271 g/mol. The third kappa shape index (κ3) is 3.67. The van der Waals surface area contributed by atoms with Gasteiger partial charge in [0.05, 0.1) is 6.10 Å². The molecule has 0 heterocycles. The highest BCUT2D eigenvalue weighted by atomic mass is 19.4. The van der Waals surface area contributed by atoms with Crippen molar-refractivity contribution in [1.82, 2.24) is 0 Å². The van der Waals surface area contributed by atoms with Crippen LogP contribution in [-0.2, 0) is 0 Å². The first-order valence-corrected chi connectivity index (χ1v) is 6.83. The molecule has 5 heteroatoms. The molecule has 0 aliphatic heterocycles. The summed E-state index contributed by atoms with van der Waals surface area (Å²) in [6.45, 7) is -1.26. The molecule has 1 aliphatic carbocycles. The fourth-order valence-electron chi connectivity index (χ4n) is 2.77. The average molecular weight is 271 g/mol. The van der Waals surface area contributed by atoms with Gasteiger partial charge in [-0.2, -0.15) is 0 Å². The average Bonchev–Trinajstić information content (AvgIpc) is 2.27. The first-order valence-electron chi connectivity index (χ1n) is 6.83. The van der Waals surface area contributed by atoms with Crippen LogP contribution in [0, 0.1) is 12.8 Å². The molecular formula is C14H19BF3O-. The van der Waals surface area contributed by atoms with Gasteiger partial charge in [0.2, 0.25) is 0 Å². The maximum absolute atomic E-state index is 12.7. The lowest BCUT2D eigenvalue weighted by Gasteiger charge is -2.28. The van der Waals surface area contributed by atoms with Gasteiger partial charge in [0, 0.05) is 0 Å². The molecule has 0 saturated heterocycles. The van der Waals surface area contributed by atoms with Crippen LogP contribution in [-0.4, -0.2) is 13.1 Å². The predicted octanol–water partition coefficient (Wildman–Crippen LogP) is 4.01. The van der Waals surface area contributed by atoms with E-state index in [4.69, 9.17) is 4.74 Å². The molecule has 2 unspecified atom stereocenters. The van der Waals surface area contributed by atoms with E-state index in [0.29, 0.717) is 11.7 Å². The predicted molar refractivity (Wildman–Crippen MR) is 71.9 cm³/mol. The van der Waals surface area contributed by atoms with Crippen LogP contribution in [0.1, 0.15) is 38.2 Å². The third-order valence-corrected chi connectivity index (χ3v) is 3.78. The quantitative estimate of drug-likeness (QED) is 0.755. The second-order valence-electron chi connectivity index (χ2n) is 5.60. The fourth-order valence-corrected chi connectivity index (χ4v) is 2.77. The molecule has 0 bridgehead atoms. The zero-order valence-corrected chi connectivity index (χ0v) is 11.3. The molecule has 1 aromatic rings. The second-order valence-corrected chi connectivity index (χ2v) is 5.60. The Kier molecular flexibility index (Phi) is 4.12. The van der Waals surface area contributed by atoms with Gasteiger partial charge in [0.15, 0.2) is 0 Å². The summed E-state index contributed by atoms with van der Waals surface area (Å²) in [6.07, 6.45) is 4.48. The molecule has 2 atom stereocenters. The lowest BCUT2D eigenvalue weighted by molar-refractivity contribution is 0.129. The summed E-state index contributed by atoms with van der Waals surface area (Å²) in [6, 6.07) is 4.08. The second kappa shape index (κ2) is 5.47. The molecule has 1 nitrogen and oxygen atoms in total. The van der Waals surface area contributed by atoms with Gasteiger partial charge >= 0.3 is 6.98 Å². The minimum Gasteiger partial charge on any atom is -0.490 e. The van der Waals surface area contributed by atoms with Crippen molar-refractivity contribution in [3.8, 4) is 5.75 Å². The number of hydrogen-bond acceptors (Lipinski definition) is 1. The van der Waals surface area contributed by atoms with E-state index in [-0.39, 0.29) is 11.7 Å². The Hall–Kier alpha value is -1.13. The molecule has 0 amide bonds. The van der Waals surface area contributed by atoms with Crippen molar-refractivity contribution in [1.29, 1.82) is 0 Å². The number of halogens is 3. The molecule has 1 aliphatic rings. The van der Waals surface area contributed by atoms with Crippen LogP contribution in [0.5, 0.6) is 5.75 Å². The van der Waals surface area contributed by atoms with Crippen molar-refractivity contribution in [3.05, 3.63) is 23.8 Å². The van der Waals surface area contributed by atoms with E-state index in [2.05, 4.69) is 6.92 Å². The van der Waals surface area contributed by atoms with Gasteiger partial charge in [-0.3, -0.25) is 0 Å². The van der Waals surface area contributed by atoms with Crippen LogP contribution < -0.4 is 10.2 Å². The molecule has 1 saturated carbocycles. The lowest BCUT2D eigenvalue weighted by atomic mass is 9.77. The highest BCUT2D eigenvalue weighted by Crippen LogP contribution is 2.27. The van der Waals surface area contributed by atoms with Crippen molar-refractivity contribution in [2.24, 2.45) is 5.92 Å². The standard InChI is InChI=1S/C14H19BF3O/c1-10-4-3-5-12(8-10)19-13-6-7-14(11(2)9-13)15(16,17)18/h6-7,9-10,12H,3-5,8H2,1-2H3/q-1. The van der Waals surface area contributed by atoms with Crippen molar-refractivity contribution in [2.75, 3.05) is 0 Å². The zero-order valence-electron chi connectivity index (χ0n) is 11.3. The van der Waals surface area contributed by atoms with Gasteiger partial charge in [-0.1, -0.05) is 25.0 Å². The SMILES string of the molecule is Cc1cc(OC2CCCC(C)C2)ccc1[B-](F)(F)F. The van der Waals surface area contributed by atoms with Crippen molar-refractivity contribution in [3.63, 3.8) is 0 Å². The Bertz CT molecular complexity index is 445. The van der Waals surface area contributed by atoms with Crippen LogP contribution in [0.4, 0.5) is 12.9 Å². The van der Waals surface area contributed by atoms with Gasteiger partial charge in [0.1, 0.15) is 5.75 Å². The van der Waals surface area contributed by atoms with Crippen LogP contribution in [0.25, 0.3) is 0 Å². The Morgan fingerprint density at radius 2 is 1.95 bits per heavy atom. The van der Waals surface area contributed by atoms with Crippen LogP contribution >= 0.6 is 0 Å². The number of ether oxygens (including phenoxy) is 1. The molecule has 2 rings (SSSR count). The minimum atomic E-state index is -4.93. The Morgan fingerprint density at radius 1 is 1.21 bits per heavy atom. The number of aryl methyl sites for hydroxylation is 1. The topological polar surface area (TPSA) is 9.23 Å². The Balaban J connectivity index is 2.08. The molecule has 0 N–H and O–H groups in total. The summed E-state index contributed by atoms with van der Waals surface area (Å²) in [4.78, 5) is 0. The minimum absolute atomic E-state index is 0.144. The zero-order chi connectivity index (χ0) is 14.0. The van der Waals surface area contributed by atoms with E-state index >= 15 is 0 Å². The van der Waals surface area contributed by atoms with Gasteiger partial charge < -0.3 is 17.7 Å². The van der Waals surface area contributed by atoms with E-state index in [1.165, 1.54) is 25.5 Å². The maximum Gasteiger partial charge on any atom is 0.509 e. The number of benzene rings is 1. The summed E-state index contributed by atoms with van der Waals surface area (Å²) in [5.74, 6) is 1.19. The molecule has 19 heavy (non-hydrogen) atoms. The number of rotatable bonds is 3. The van der Waals surface area contributed by atoms with Gasteiger partial charge in [-0.25, -0.2) is 0 Å². The van der Waals surface area contributed by atoms with Gasteiger partial charge in [0.25, 0.3) is 0 Å². The van der Waals surface area contributed by atoms with E-state index in [1.807, 2.05) is 0 Å². The first-order chi connectivity index (χ1) is 8.86. The molecule has 0 spiro atoms. The van der Waals surface area contributed by atoms with Crippen LogP contribution in [0.15, 0.2) is 18.2 Å². The fraction of sp³-hybridized carbons (Fsp3) is 0.571. The molecule has 1 fully saturated rings. The summed E-state index contributed by atoms with van der Waals surface area (Å²) in [5, 5.41) is 0. The molecule has 0 aromatic heterocycles. The Morgan fingerprint density at radius 3 is 2.53 bits per heavy atom. The van der Waals surface area contributed by atoms with Gasteiger partial charge in [-0.15, -0.1) is 5.46 Å². The van der Waals surface area contributed by atoms with E-state index in [0.717, 1.165) is 25.3 Å². The summed E-state index contributed by atoms with van der Waals surface area (Å²) in [7, 11) is 0. The molecule has 106 valence electrons. The highest BCUT2D eigenvalue weighted by Gasteiger charge is 2.27. The summed E-state index contributed by atoms with van der Waals surface area (Å²) >= 11 is 0. The highest BCUT2D eigenvalue weighted by molar-refractivity contribution is 6.74. The summed E-state index contributed by atoms with van der Waals surface area (Å²) < 4.78 is 43.9. The molecule has 1 aromatic carbocycles. The lowest BCUT2D eigenvalue weighted by Crippen LogP contribution is -2.36. The normalized spacial score (nSPS) is 24.3. The maximum atomic E-state index is 12.7. The smallest absolute Gasteiger partial charge is 0.490 e. The van der Waals surface area contributed by atoms with Crippen molar-refractivity contribution in [2.45, 2.75) is 45.6 Å². The third-order valence-electron chi connectivity index (χ3n) is 3.78. The van der Waals surface area contributed by atoms with Crippen LogP contribution in [0.3, 0.4) is 0 Å². The summed E-state index contributed by atoms with van der Waals surface area (Å²) in [5.41, 5.74) is -0.279. The number of hydrogen-bond donors (Lipinski definition) is 0. The Labute approximate surface area is 112 Å². The van der Waals surface area contributed by atoms with E-state index < -0.39 is 12.4 Å². The van der Waals surface area contributed by atoms with E-state index in [1.54, 1.807) is 0 Å². The molecule has 0 radical (unpaired) electrons.